The van der Waals surface area contributed by atoms with Gasteiger partial charge in [0.2, 0.25) is 0 Å². The van der Waals surface area contributed by atoms with Crippen LogP contribution in [0.5, 0.6) is 0 Å². The highest BCUT2D eigenvalue weighted by Crippen LogP contribution is 2.46. The van der Waals surface area contributed by atoms with E-state index in [1.54, 1.807) is 0 Å². The molecule has 0 aromatic heterocycles. The van der Waals surface area contributed by atoms with Crippen molar-refractivity contribution in [1.29, 1.82) is 0 Å². The predicted molar refractivity (Wildman–Crippen MR) is 299 cm³/mol. The molecule has 1 aliphatic heterocycles. The van der Waals surface area contributed by atoms with Crippen LogP contribution in [0.25, 0.3) is 87.7 Å². The van der Waals surface area contributed by atoms with E-state index in [0.717, 1.165) is 42.7 Å². The number of hydrogen-bond donors (Lipinski definition) is 0. The van der Waals surface area contributed by atoms with Gasteiger partial charge in [-0.05, 0) is 161 Å². The largest absolute Gasteiger partial charge is 0.252 e. The third-order valence-corrected chi connectivity index (χ3v) is 15.2. The number of benzene rings is 11. The van der Waals surface area contributed by atoms with Crippen LogP contribution >= 0.6 is 0 Å². The van der Waals surface area contributed by atoms with Gasteiger partial charge in [-0.3, -0.25) is 4.99 Å². The van der Waals surface area contributed by atoms with Crippen molar-refractivity contribution in [2.24, 2.45) is 4.99 Å². The molecule has 11 aromatic rings. The molecule has 70 heavy (non-hydrogen) atoms. The van der Waals surface area contributed by atoms with Gasteiger partial charge in [0.05, 0.1) is 5.70 Å². The number of hydrogen-bond acceptors (Lipinski definition) is 1. The lowest BCUT2D eigenvalue weighted by Crippen LogP contribution is -2.05. The minimum atomic E-state index is 0.298. The molecule has 0 spiro atoms. The van der Waals surface area contributed by atoms with Gasteiger partial charge in [-0.1, -0.05) is 224 Å². The normalized spacial score (nSPS) is 16.7. The van der Waals surface area contributed by atoms with Gasteiger partial charge < -0.3 is 0 Å². The van der Waals surface area contributed by atoms with Crippen LogP contribution in [0.1, 0.15) is 65.5 Å². The number of rotatable bonds is 6. The van der Waals surface area contributed by atoms with Crippen LogP contribution in [0, 0.1) is 0 Å². The molecule has 0 saturated carbocycles. The Morgan fingerprint density at radius 2 is 1.00 bits per heavy atom. The van der Waals surface area contributed by atoms with Crippen LogP contribution in [-0.4, -0.2) is 5.71 Å². The fourth-order valence-corrected chi connectivity index (χ4v) is 11.6. The topological polar surface area (TPSA) is 12.4 Å². The monoisotopic (exact) mass is 893 g/mol. The average Bonchev–Trinajstić information content (AvgIpc) is 3.59. The number of aryl methyl sites for hydroxylation is 1. The van der Waals surface area contributed by atoms with Gasteiger partial charge in [-0.25, -0.2) is 0 Å². The zero-order chi connectivity index (χ0) is 46.5. The molecule has 332 valence electrons. The van der Waals surface area contributed by atoms with Crippen LogP contribution in [-0.2, 0) is 6.42 Å². The highest BCUT2D eigenvalue weighted by Gasteiger charge is 2.25. The summed E-state index contributed by atoms with van der Waals surface area (Å²) in [4.78, 5) is 5.71. The summed E-state index contributed by atoms with van der Waals surface area (Å²) >= 11 is 0. The fourth-order valence-electron chi connectivity index (χ4n) is 11.6. The first-order chi connectivity index (χ1) is 34.6. The molecule has 0 saturated heterocycles. The summed E-state index contributed by atoms with van der Waals surface area (Å²) in [6.45, 7) is 2.31. The van der Waals surface area contributed by atoms with Crippen LogP contribution in [0.15, 0.2) is 247 Å². The molecule has 1 heteroatoms. The highest BCUT2D eigenvalue weighted by atomic mass is 14.8. The summed E-state index contributed by atoms with van der Waals surface area (Å²) in [5, 5.41) is 10.1. The van der Waals surface area contributed by atoms with E-state index in [0.29, 0.717) is 5.92 Å². The van der Waals surface area contributed by atoms with Crippen LogP contribution in [0.4, 0.5) is 0 Å². The third kappa shape index (κ3) is 7.47. The van der Waals surface area contributed by atoms with E-state index in [-0.39, 0.29) is 0 Å². The Morgan fingerprint density at radius 3 is 1.83 bits per heavy atom. The van der Waals surface area contributed by atoms with E-state index in [4.69, 9.17) is 4.99 Å². The maximum absolute atomic E-state index is 5.71. The van der Waals surface area contributed by atoms with Gasteiger partial charge in [0, 0.05) is 17.2 Å². The lowest BCUT2D eigenvalue weighted by atomic mass is 9.83. The Hall–Kier alpha value is -8.39. The van der Waals surface area contributed by atoms with Gasteiger partial charge in [-0.2, -0.15) is 0 Å². The molecule has 0 N–H and O–H groups in total. The van der Waals surface area contributed by atoms with E-state index >= 15 is 0 Å². The van der Waals surface area contributed by atoms with Gasteiger partial charge in [-0.15, -0.1) is 0 Å². The average molecular weight is 894 g/mol. The Balaban J connectivity index is 0.988. The first-order valence-electron chi connectivity index (χ1n) is 24.9. The van der Waals surface area contributed by atoms with Crippen molar-refractivity contribution in [3.05, 3.63) is 276 Å². The lowest BCUT2D eigenvalue weighted by Gasteiger charge is -2.21. The first-order valence-corrected chi connectivity index (χ1v) is 24.9. The highest BCUT2D eigenvalue weighted by molar-refractivity contribution is 6.28. The van der Waals surface area contributed by atoms with Crippen molar-refractivity contribution in [2.45, 2.75) is 38.5 Å². The van der Waals surface area contributed by atoms with E-state index in [9.17, 15) is 0 Å². The fraction of sp³-hybridized carbons (Fsp3) is 0.0870. The smallest absolute Gasteiger partial charge is 0.0718 e. The molecule has 1 atom stereocenters. The standard InChI is InChI=1S/C69H51N/c1-45-27-40-67(51-19-6-3-7-20-51)70-68(44-64(45)50-31-28-48(29-32-50)46-15-4-2-5-16-46)63-26-14-25-61-58-23-12-13-24-59(58)66-43-54(36-39-62(66)69(61)63)53-35-38-60-57(55-33-30-47-17-8-9-21-52(47)41-55)37-34-49-18-10-11-22-56(49)65(60)42-53/h2-26,28-33,35-36,38-39,41-44,57H,27,34,37,40H2,1H3/b64-45+,68-44-,70-67?. The first kappa shape index (κ1) is 41.8. The van der Waals surface area contributed by atoms with Crippen molar-refractivity contribution in [1.82, 2.24) is 0 Å². The summed E-state index contributed by atoms with van der Waals surface area (Å²) in [5.41, 5.74) is 20.0. The molecule has 0 amide bonds. The molecule has 11 aromatic carbocycles. The van der Waals surface area contributed by atoms with E-state index in [1.165, 1.54) is 115 Å². The Labute approximate surface area is 410 Å². The molecular formula is C69H51N. The second-order valence-electron chi connectivity index (χ2n) is 19.3. The minimum Gasteiger partial charge on any atom is -0.252 e. The number of allylic oxidation sites excluding steroid dienone is 3. The number of aliphatic imine (C=N–C) groups is 1. The maximum Gasteiger partial charge on any atom is 0.0718 e. The third-order valence-electron chi connectivity index (χ3n) is 15.2. The number of fused-ring (bicyclic) bond motifs is 10. The summed E-state index contributed by atoms with van der Waals surface area (Å²) in [7, 11) is 0. The Kier molecular flexibility index (Phi) is 10.5. The molecule has 0 bridgehead atoms. The summed E-state index contributed by atoms with van der Waals surface area (Å²) in [6, 6.07) is 85.7. The van der Waals surface area contributed by atoms with Crippen LogP contribution in [0.2, 0.25) is 0 Å². The van der Waals surface area contributed by atoms with Crippen molar-refractivity contribution in [3.63, 3.8) is 0 Å². The Morgan fingerprint density at radius 1 is 0.386 bits per heavy atom. The minimum absolute atomic E-state index is 0.298. The molecule has 1 aliphatic carbocycles. The summed E-state index contributed by atoms with van der Waals surface area (Å²) in [5.74, 6) is 0.298. The van der Waals surface area contributed by atoms with Crippen LogP contribution < -0.4 is 0 Å². The molecule has 1 heterocycles. The van der Waals surface area contributed by atoms with Crippen molar-refractivity contribution in [2.75, 3.05) is 0 Å². The van der Waals surface area contributed by atoms with E-state index in [2.05, 4.69) is 244 Å². The van der Waals surface area contributed by atoms with Crippen molar-refractivity contribution >= 4 is 60.1 Å². The van der Waals surface area contributed by atoms with Gasteiger partial charge >= 0.3 is 0 Å². The molecule has 2 aliphatic rings. The van der Waals surface area contributed by atoms with Crippen molar-refractivity contribution in [3.8, 4) is 33.4 Å². The molecule has 1 nitrogen and oxygen atoms in total. The number of nitrogens with zero attached hydrogens (tertiary/aromatic N) is 1. The molecule has 0 radical (unpaired) electrons. The zero-order valence-electron chi connectivity index (χ0n) is 39.4. The molecular weight excluding hydrogens is 843 g/mol. The maximum atomic E-state index is 5.71. The van der Waals surface area contributed by atoms with Gasteiger partial charge in [0.1, 0.15) is 0 Å². The molecule has 13 rings (SSSR count). The van der Waals surface area contributed by atoms with E-state index in [1.807, 2.05) is 0 Å². The summed E-state index contributed by atoms with van der Waals surface area (Å²) in [6.07, 6.45) is 6.27. The lowest BCUT2D eigenvalue weighted by molar-refractivity contribution is 0.727. The Bertz CT molecular complexity index is 3930. The quantitative estimate of drug-likeness (QED) is 0.148. The van der Waals surface area contributed by atoms with E-state index < -0.39 is 0 Å². The SMILES string of the molecule is C/C1=C(c2ccc(-c3ccccc3)cc2)/C=C(/c2cccc3c4ccccc4c4cc(-c5ccc6c(c5)-c5ccccc5CCC6c5ccc6ccccc6c5)ccc4c23)N=C(c2ccccc2)CC1. The second kappa shape index (κ2) is 17.6. The predicted octanol–water partition coefficient (Wildman–Crippen LogP) is 18.5. The molecule has 1 unspecified atom stereocenters. The second-order valence-corrected chi connectivity index (χ2v) is 19.3. The van der Waals surface area contributed by atoms with Crippen molar-refractivity contribution < 1.29 is 0 Å². The zero-order valence-corrected chi connectivity index (χ0v) is 39.4. The van der Waals surface area contributed by atoms with Crippen LogP contribution in [0.3, 0.4) is 0 Å². The van der Waals surface area contributed by atoms with Gasteiger partial charge in [0.15, 0.2) is 0 Å². The van der Waals surface area contributed by atoms with Gasteiger partial charge in [0.25, 0.3) is 0 Å². The molecule has 0 fully saturated rings. The summed E-state index contributed by atoms with van der Waals surface area (Å²) < 4.78 is 0.